The molecule has 1 aromatic heterocycles. The van der Waals surface area contributed by atoms with Gasteiger partial charge in [0.2, 0.25) is 18.6 Å². The molecule has 156 valence electrons. The average molecular weight is 429 g/mol. The molecule has 30 heavy (non-hydrogen) atoms. The highest BCUT2D eigenvalue weighted by Gasteiger charge is 2.19. The number of halogens is 1. The molecule has 3 aromatic rings. The first-order valence-corrected chi connectivity index (χ1v) is 9.86. The van der Waals surface area contributed by atoms with Crippen molar-refractivity contribution in [3.05, 3.63) is 65.0 Å². The maximum atomic E-state index is 13.0. The molecule has 2 aromatic carbocycles. The second-order valence-electron chi connectivity index (χ2n) is 6.82. The first-order valence-electron chi connectivity index (χ1n) is 9.48. The van der Waals surface area contributed by atoms with Crippen molar-refractivity contribution in [1.82, 2.24) is 9.88 Å². The number of amides is 1. The molecule has 0 fully saturated rings. The molecule has 0 bridgehead atoms. The van der Waals surface area contributed by atoms with Gasteiger partial charge in [0.1, 0.15) is 6.26 Å². The van der Waals surface area contributed by atoms with Crippen molar-refractivity contribution >= 4 is 17.5 Å². The van der Waals surface area contributed by atoms with E-state index in [0.29, 0.717) is 47.8 Å². The molecule has 0 spiro atoms. The molecule has 0 radical (unpaired) electrons. The molecule has 1 aliphatic heterocycles. The SMILES string of the molecule is COCCN(Cc1ccc2c(c1)OCO2)C(=O)Cc1coc(-c2ccc(Cl)cc2)n1. The van der Waals surface area contributed by atoms with E-state index in [1.165, 1.54) is 6.26 Å². The summed E-state index contributed by atoms with van der Waals surface area (Å²) in [6.45, 7) is 1.55. The molecule has 0 saturated heterocycles. The van der Waals surface area contributed by atoms with Crippen molar-refractivity contribution in [3.8, 4) is 23.0 Å². The topological polar surface area (TPSA) is 74.0 Å². The average Bonchev–Trinajstić information content (AvgIpc) is 3.40. The summed E-state index contributed by atoms with van der Waals surface area (Å²) in [4.78, 5) is 19.1. The molecule has 0 unspecified atom stereocenters. The third-order valence-corrected chi connectivity index (χ3v) is 4.96. The zero-order valence-corrected chi connectivity index (χ0v) is 17.2. The van der Waals surface area contributed by atoms with Crippen LogP contribution in [0.5, 0.6) is 11.5 Å². The van der Waals surface area contributed by atoms with Crippen molar-refractivity contribution in [1.29, 1.82) is 0 Å². The molecule has 7 nitrogen and oxygen atoms in total. The third-order valence-electron chi connectivity index (χ3n) is 4.70. The van der Waals surface area contributed by atoms with Gasteiger partial charge in [-0.25, -0.2) is 4.98 Å². The fourth-order valence-corrected chi connectivity index (χ4v) is 3.26. The minimum absolute atomic E-state index is 0.0688. The van der Waals surface area contributed by atoms with Crippen LogP contribution in [0.4, 0.5) is 0 Å². The molecule has 4 rings (SSSR count). The van der Waals surface area contributed by atoms with Crippen LogP contribution in [-0.2, 0) is 22.5 Å². The molecule has 2 heterocycles. The molecular formula is C22H21ClN2O5. The van der Waals surface area contributed by atoms with Crippen molar-refractivity contribution in [3.63, 3.8) is 0 Å². The zero-order valence-electron chi connectivity index (χ0n) is 16.5. The Balaban J connectivity index is 1.45. The van der Waals surface area contributed by atoms with Gasteiger partial charge in [-0.1, -0.05) is 17.7 Å². The number of ether oxygens (including phenoxy) is 3. The van der Waals surface area contributed by atoms with Crippen LogP contribution in [0.2, 0.25) is 5.02 Å². The Morgan fingerprint density at radius 1 is 1.17 bits per heavy atom. The lowest BCUT2D eigenvalue weighted by Crippen LogP contribution is -2.34. The minimum atomic E-state index is -0.0688. The van der Waals surface area contributed by atoms with Gasteiger partial charge < -0.3 is 23.5 Å². The summed E-state index contributed by atoms with van der Waals surface area (Å²) in [5.41, 5.74) is 2.32. The summed E-state index contributed by atoms with van der Waals surface area (Å²) in [6.07, 6.45) is 1.64. The van der Waals surface area contributed by atoms with E-state index in [4.69, 9.17) is 30.2 Å². The predicted molar refractivity (Wildman–Crippen MR) is 111 cm³/mol. The van der Waals surface area contributed by atoms with Crippen molar-refractivity contribution in [2.75, 3.05) is 27.1 Å². The normalized spacial score (nSPS) is 12.2. The van der Waals surface area contributed by atoms with Gasteiger partial charge in [-0.3, -0.25) is 4.79 Å². The summed E-state index contributed by atoms with van der Waals surface area (Å²) < 4.78 is 21.5. The number of hydrogen-bond acceptors (Lipinski definition) is 6. The Bertz CT molecular complexity index is 1020. The Morgan fingerprint density at radius 2 is 1.97 bits per heavy atom. The number of rotatable bonds is 8. The van der Waals surface area contributed by atoms with Crippen molar-refractivity contribution in [2.45, 2.75) is 13.0 Å². The first kappa shape index (κ1) is 20.3. The van der Waals surface area contributed by atoms with Gasteiger partial charge in [-0.05, 0) is 42.0 Å². The van der Waals surface area contributed by atoms with Crippen LogP contribution in [0.15, 0.2) is 53.1 Å². The first-order chi connectivity index (χ1) is 14.6. The summed E-state index contributed by atoms with van der Waals surface area (Å²) in [5.74, 6) is 1.79. The van der Waals surface area contributed by atoms with E-state index in [1.54, 1.807) is 24.1 Å². The maximum Gasteiger partial charge on any atom is 0.231 e. The lowest BCUT2D eigenvalue weighted by molar-refractivity contribution is -0.131. The Hall–Kier alpha value is -3.03. The van der Waals surface area contributed by atoms with Crippen molar-refractivity contribution < 1.29 is 23.4 Å². The van der Waals surface area contributed by atoms with E-state index in [0.717, 1.165) is 11.1 Å². The Kier molecular flexibility index (Phi) is 6.21. The summed E-state index contributed by atoms with van der Waals surface area (Å²) >= 11 is 5.92. The van der Waals surface area contributed by atoms with Crippen LogP contribution in [-0.4, -0.2) is 42.8 Å². The van der Waals surface area contributed by atoms with Gasteiger partial charge in [-0.15, -0.1) is 0 Å². The van der Waals surface area contributed by atoms with Gasteiger partial charge in [0.25, 0.3) is 0 Å². The van der Waals surface area contributed by atoms with E-state index in [9.17, 15) is 4.79 Å². The van der Waals surface area contributed by atoms with Crippen LogP contribution in [0.25, 0.3) is 11.5 Å². The van der Waals surface area contributed by atoms with Gasteiger partial charge in [0.05, 0.1) is 18.7 Å². The predicted octanol–water partition coefficient (Wildman–Crippen LogP) is 3.94. The quantitative estimate of drug-likeness (QED) is 0.541. The number of carbonyl (C=O) groups excluding carboxylic acids is 1. The molecule has 8 heteroatoms. The smallest absolute Gasteiger partial charge is 0.231 e. The largest absolute Gasteiger partial charge is 0.454 e. The molecule has 0 saturated carbocycles. The van der Waals surface area contributed by atoms with Crippen molar-refractivity contribution in [2.24, 2.45) is 0 Å². The van der Waals surface area contributed by atoms with Crippen LogP contribution in [0, 0.1) is 0 Å². The molecule has 1 aliphatic rings. The number of carbonyl (C=O) groups is 1. The van der Waals surface area contributed by atoms with Crippen LogP contribution < -0.4 is 9.47 Å². The third kappa shape index (κ3) is 4.75. The number of fused-ring (bicyclic) bond motifs is 1. The molecule has 1 amide bonds. The fourth-order valence-electron chi connectivity index (χ4n) is 3.13. The number of nitrogens with zero attached hydrogens (tertiary/aromatic N) is 2. The van der Waals surface area contributed by atoms with Gasteiger partial charge in [0, 0.05) is 30.8 Å². The fraction of sp³-hybridized carbons (Fsp3) is 0.273. The van der Waals surface area contributed by atoms with Gasteiger partial charge >= 0.3 is 0 Å². The lowest BCUT2D eigenvalue weighted by atomic mass is 10.1. The molecule has 0 atom stereocenters. The van der Waals surface area contributed by atoms with E-state index < -0.39 is 0 Å². The highest BCUT2D eigenvalue weighted by molar-refractivity contribution is 6.30. The van der Waals surface area contributed by atoms with Gasteiger partial charge in [0.15, 0.2) is 11.5 Å². The monoisotopic (exact) mass is 428 g/mol. The number of aromatic nitrogens is 1. The maximum absolute atomic E-state index is 13.0. The zero-order chi connectivity index (χ0) is 20.9. The highest BCUT2D eigenvalue weighted by atomic mass is 35.5. The summed E-state index contributed by atoms with van der Waals surface area (Å²) in [6, 6.07) is 12.9. The highest BCUT2D eigenvalue weighted by Crippen LogP contribution is 2.32. The number of benzene rings is 2. The summed E-state index contributed by atoms with van der Waals surface area (Å²) in [7, 11) is 1.61. The number of methoxy groups -OCH3 is 1. The standard InChI is InChI=1S/C22H21ClN2O5/c1-27-9-8-25(12-15-2-7-19-20(10-15)30-14-29-19)21(26)11-18-13-28-22(24-18)16-3-5-17(23)6-4-16/h2-7,10,13H,8-9,11-12,14H2,1H3. The summed E-state index contributed by atoms with van der Waals surface area (Å²) in [5, 5.41) is 0.637. The lowest BCUT2D eigenvalue weighted by Gasteiger charge is -2.22. The second-order valence-corrected chi connectivity index (χ2v) is 7.26. The van der Waals surface area contributed by atoms with E-state index >= 15 is 0 Å². The van der Waals surface area contributed by atoms with E-state index in [2.05, 4.69) is 4.98 Å². The molecule has 0 aliphatic carbocycles. The Morgan fingerprint density at radius 3 is 2.77 bits per heavy atom. The molecular weight excluding hydrogens is 408 g/mol. The second kappa shape index (κ2) is 9.19. The Labute approximate surface area is 179 Å². The van der Waals surface area contributed by atoms with Gasteiger partial charge in [-0.2, -0.15) is 0 Å². The van der Waals surface area contributed by atoms with E-state index in [1.807, 2.05) is 30.3 Å². The minimum Gasteiger partial charge on any atom is -0.454 e. The van der Waals surface area contributed by atoms with Crippen LogP contribution in [0.3, 0.4) is 0 Å². The van der Waals surface area contributed by atoms with Crippen LogP contribution >= 0.6 is 11.6 Å². The van der Waals surface area contributed by atoms with E-state index in [-0.39, 0.29) is 19.1 Å². The molecule has 0 N–H and O–H groups in total. The number of hydrogen-bond donors (Lipinski definition) is 0. The van der Waals surface area contributed by atoms with Crippen LogP contribution in [0.1, 0.15) is 11.3 Å². The number of oxazole rings is 1.